The molecule has 0 spiro atoms. The lowest BCUT2D eigenvalue weighted by Gasteiger charge is -2.29. The number of hydrogen-bond acceptors (Lipinski definition) is 6. The van der Waals surface area contributed by atoms with Gasteiger partial charge in [-0.3, -0.25) is 4.79 Å². The molecule has 7 nitrogen and oxygen atoms in total. The molecule has 12 heteroatoms. The van der Waals surface area contributed by atoms with E-state index in [4.69, 9.17) is 4.74 Å². The molecule has 160 valence electrons. The molecule has 0 fully saturated rings. The van der Waals surface area contributed by atoms with Gasteiger partial charge in [0.2, 0.25) is 11.5 Å². The molecule has 0 aliphatic rings. The third-order valence-electron chi connectivity index (χ3n) is 4.27. The molecule has 2 N–H and O–H groups in total. The first-order valence-corrected chi connectivity index (χ1v) is 9.29. The molecule has 30 heavy (non-hydrogen) atoms. The monoisotopic (exact) mass is 444 g/mol. The molecule has 2 aromatic heterocycles. The minimum Gasteiger partial charge on any atom is -0.494 e. The fourth-order valence-electron chi connectivity index (χ4n) is 2.76. The Morgan fingerprint density at radius 3 is 2.67 bits per heavy atom. The van der Waals surface area contributed by atoms with E-state index >= 15 is 0 Å². The Bertz CT molecular complexity index is 1070. The van der Waals surface area contributed by atoms with Crippen LogP contribution in [0.15, 0.2) is 36.0 Å². The van der Waals surface area contributed by atoms with Crippen molar-refractivity contribution in [1.82, 2.24) is 14.5 Å². The predicted molar refractivity (Wildman–Crippen MR) is 100 cm³/mol. The van der Waals surface area contributed by atoms with Crippen LogP contribution in [0.1, 0.15) is 12.2 Å². The minimum atomic E-state index is -5.14. The zero-order valence-corrected chi connectivity index (χ0v) is 16.5. The number of nitrogens with one attached hydrogen (secondary N) is 1. The fourth-order valence-corrected chi connectivity index (χ4v) is 3.49. The Labute approximate surface area is 172 Å². The summed E-state index contributed by atoms with van der Waals surface area (Å²) in [6.07, 6.45) is -4.14. The average molecular weight is 444 g/mol. The summed E-state index contributed by atoms with van der Waals surface area (Å²) < 4.78 is 60.3. The highest BCUT2D eigenvalue weighted by atomic mass is 32.1. The first kappa shape index (κ1) is 21.7. The molecule has 1 aromatic carbocycles. The van der Waals surface area contributed by atoms with E-state index in [1.165, 1.54) is 37.9 Å². The maximum absolute atomic E-state index is 13.9. The van der Waals surface area contributed by atoms with E-state index in [9.17, 15) is 27.5 Å². The normalized spacial score (nSPS) is 13.7. The van der Waals surface area contributed by atoms with Gasteiger partial charge in [0.25, 0.3) is 0 Å². The number of carbonyl (C=O) groups is 1. The molecule has 0 radical (unpaired) electrons. The second-order valence-electron chi connectivity index (χ2n) is 6.33. The van der Waals surface area contributed by atoms with Gasteiger partial charge < -0.3 is 19.7 Å². The lowest BCUT2D eigenvalue weighted by Crippen LogP contribution is -2.46. The number of benzene rings is 1. The van der Waals surface area contributed by atoms with Gasteiger partial charge in [0.05, 0.1) is 19.2 Å². The van der Waals surface area contributed by atoms with Crippen LogP contribution in [0.3, 0.4) is 0 Å². The molecule has 0 aliphatic heterocycles. The van der Waals surface area contributed by atoms with E-state index in [1.54, 1.807) is 6.07 Å². The first-order chi connectivity index (χ1) is 14.0. The molecule has 3 rings (SSSR count). The average Bonchev–Trinajstić information content (AvgIpc) is 3.29. The number of aliphatic hydroxyl groups is 1. The Morgan fingerprint density at radius 1 is 1.37 bits per heavy atom. The Hall–Kier alpha value is -2.99. The topological polar surface area (TPSA) is 89.3 Å². The fraction of sp³-hybridized carbons (Fsp3) is 0.278. The number of ether oxygens (including phenoxy) is 1. The smallest absolute Gasteiger partial charge is 0.425 e. The van der Waals surface area contributed by atoms with Crippen molar-refractivity contribution >= 4 is 22.4 Å². The second-order valence-corrected chi connectivity index (χ2v) is 7.19. The van der Waals surface area contributed by atoms with Crippen LogP contribution in [0.5, 0.6) is 5.75 Å². The van der Waals surface area contributed by atoms with Gasteiger partial charge in [0.15, 0.2) is 22.5 Å². The van der Waals surface area contributed by atoms with Gasteiger partial charge in [-0.2, -0.15) is 13.2 Å². The van der Waals surface area contributed by atoms with Crippen molar-refractivity contribution in [1.29, 1.82) is 0 Å². The van der Waals surface area contributed by atoms with Gasteiger partial charge in [0.1, 0.15) is 0 Å². The quantitative estimate of drug-likeness (QED) is 0.569. The molecular formula is C18H16F4N4O3S. The van der Waals surface area contributed by atoms with Gasteiger partial charge >= 0.3 is 6.18 Å². The van der Waals surface area contributed by atoms with Crippen molar-refractivity contribution in [3.63, 3.8) is 0 Å². The van der Waals surface area contributed by atoms with Crippen molar-refractivity contribution in [2.24, 2.45) is 7.05 Å². The summed E-state index contributed by atoms with van der Waals surface area (Å²) in [5, 5.41) is 14.0. The van der Waals surface area contributed by atoms with Crippen LogP contribution in [0.2, 0.25) is 0 Å². The number of carbonyl (C=O) groups excluding carboxylic acids is 1. The number of nitrogens with zero attached hydrogens (tertiary/aromatic N) is 3. The third-order valence-corrected chi connectivity index (χ3v) is 5.03. The number of halogens is 4. The van der Waals surface area contributed by atoms with E-state index in [2.05, 4.69) is 15.3 Å². The molecule has 0 saturated carbocycles. The van der Waals surface area contributed by atoms with Gasteiger partial charge in [0, 0.05) is 30.4 Å². The molecule has 0 saturated heterocycles. The third kappa shape index (κ3) is 4.14. The summed E-state index contributed by atoms with van der Waals surface area (Å²) in [7, 11) is 2.60. The first-order valence-electron chi connectivity index (χ1n) is 8.41. The molecule has 3 aromatic rings. The number of methoxy groups -OCH3 is 1. The largest absolute Gasteiger partial charge is 0.494 e. The van der Waals surface area contributed by atoms with Gasteiger partial charge in [-0.05, 0) is 18.2 Å². The van der Waals surface area contributed by atoms with Crippen LogP contribution in [-0.2, 0) is 17.4 Å². The molecule has 1 unspecified atom stereocenters. The van der Waals surface area contributed by atoms with E-state index in [1.807, 2.05) is 0 Å². The number of aryl methyl sites for hydroxylation is 1. The van der Waals surface area contributed by atoms with Crippen LogP contribution < -0.4 is 10.1 Å². The summed E-state index contributed by atoms with van der Waals surface area (Å²) in [4.78, 5) is 19.9. The number of anilines is 1. The standard InChI is InChI=1S/C18H16F4N4O3S/c1-26-6-5-23-15(26)17(28,18(20,21)22)8-14(27)25-16-24-12(9-30-16)10-3-4-13(29-2)11(19)7-10/h3-7,9,28H,8H2,1-2H3,(H,24,25,27). The number of hydrogen-bond donors (Lipinski definition) is 2. The number of amides is 1. The number of alkyl halides is 3. The van der Waals surface area contributed by atoms with Crippen LogP contribution in [0.25, 0.3) is 11.3 Å². The van der Waals surface area contributed by atoms with Crippen molar-refractivity contribution in [2.45, 2.75) is 18.2 Å². The molecule has 0 aliphatic carbocycles. The Kier molecular flexibility index (Phi) is 5.81. The highest BCUT2D eigenvalue weighted by Crippen LogP contribution is 2.41. The van der Waals surface area contributed by atoms with Crippen molar-refractivity contribution < 1.29 is 32.2 Å². The maximum atomic E-state index is 13.9. The Morgan fingerprint density at radius 2 is 2.10 bits per heavy atom. The van der Waals surface area contributed by atoms with Crippen LogP contribution in [0, 0.1) is 5.82 Å². The zero-order valence-electron chi connectivity index (χ0n) is 15.7. The lowest BCUT2D eigenvalue weighted by molar-refractivity contribution is -0.270. The molecule has 1 atom stereocenters. The highest BCUT2D eigenvalue weighted by molar-refractivity contribution is 7.14. The number of aromatic nitrogens is 3. The molecule has 2 heterocycles. The second kappa shape index (κ2) is 8.03. The zero-order chi connectivity index (χ0) is 22.1. The summed E-state index contributed by atoms with van der Waals surface area (Å²) >= 11 is 0.942. The van der Waals surface area contributed by atoms with E-state index in [0.717, 1.165) is 22.1 Å². The maximum Gasteiger partial charge on any atom is 0.425 e. The molecular weight excluding hydrogens is 428 g/mol. The SMILES string of the molecule is COc1ccc(-c2csc(NC(=O)CC(O)(c3nccn3C)C(F)(F)F)n2)cc1F. The summed E-state index contributed by atoms with van der Waals surface area (Å²) in [5.74, 6) is -2.39. The van der Waals surface area contributed by atoms with Gasteiger partial charge in [-0.25, -0.2) is 14.4 Å². The number of rotatable bonds is 6. The van der Waals surface area contributed by atoms with E-state index in [-0.39, 0.29) is 10.9 Å². The van der Waals surface area contributed by atoms with Crippen LogP contribution in [-0.4, -0.2) is 38.8 Å². The van der Waals surface area contributed by atoms with E-state index < -0.39 is 35.7 Å². The number of imidazole rings is 1. The van der Waals surface area contributed by atoms with Crippen molar-refractivity contribution in [3.05, 3.63) is 47.6 Å². The van der Waals surface area contributed by atoms with Gasteiger partial charge in [-0.15, -0.1) is 11.3 Å². The van der Waals surface area contributed by atoms with Crippen molar-refractivity contribution in [3.8, 4) is 17.0 Å². The predicted octanol–water partition coefficient (Wildman–Crippen LogP) is 3.47. The molecule has 0 bridgehead atoms. The Balaban J connectivity index is 1.78. The van der Waals surface area contributed by atoms with Crippen molar-refractivity contribution in [2.75, 3.05) is 12.4 Å². The number of thiazole rings is 1. The summed E-state index contributed by atoms with van der Waals surface area (Å²) in [6.45, 7) is 0. The van der Waals surface area contributed by atoms with Crippen LogP contribution >= 0.6 is 11.3 Å². The van der Waals surface area contributed by atoms with E-state index in [0.29, 0.717) is 11.3 Å². The molecule has 1 amide bonds. The van der Waals surface area contributed by atoms with Gasteiger partial charge in [-0.1, -0.05) is 0 Å². The minimum absolute atomic E-state index is 0.00408. The lowest BCUT2D eigenvalue weighted by atomic mass is 9.97. The summed E-state index contributed by atoms with van der Waals surface area (Å²) in [6, 6.07) is 4.13. The highest BCUT2D eigenvalue weighted by Gasteiger charge is 2.58. The summed E-state index contributed by atoms with van der Waals surface area (Å²) in [5.41, 5.74) is -2.77. The van der Waals surface area contributed by atoms with Crippen LogP contribution in [0.4, 0.5) is 22.7 Å².